The van der Waals surface area contributed by atoms with Crippen LogP contribution in [0.25, 0.3) is 5.65 Å². The Morgan fingerprint density at radius 1 is 1.38 bits per heavy atom. The number of imidazole rings is 1. The van der Waals surface area contributed by atoms with E-state index >= 15 is 0 Å². The van der Waals surface area contributed by atoms with Crippen molar-refractivity contribution >= 4 is 33.0 Å². The lowest BCUT2D eigenvalue weighted by atomic mass is 10.2. The van der Waals surface area contributed by atoms with E-state index in [4.69, 9.17) is 5.84 Å². The zero-order valence-electron chi connectivity index (χ0n) is 14.3. The predicted octanol–water partition coefficient (Wildman–Crippen LogP) is 2.33. The molecule has 4 heterocycles. The molecule has 8 heteroatoms. The van der Waals surface area contributed by atoms with Gasteiger partial charge in [-0.3, -0.25) is 9.38 Å². The fourth-order valence-electron chi connectivity index (χ4n) is 3.53. The molecule has 1 aliphatic rings. The summed E-state index contributed by atoms with van der Waals surface area (Å²) in [6, 6.07) is 6.10. The van der Waals surface area contributed by atoms with Crippen LogP contribution in [0.1, 0.15) is 18.4 Å². The normalized spacial score (nSPS) is 17.2. The molecule has 7 nitrogen and oxygen atoms in total. The second-order valence-electron chi connectivity index (χ2n) is 6.52. The molecule has 136 valence electrons. The first-order valence-electron chi connectivity index (χ1n) is 8.62. The third-order valence-electron chi connectivity index (χ3n) is 4.83. The molecule has 1 fully saturated rings. The average molecular weight is 417 g/mol. The van der Waals surface area contributed by atoms with Crippen molar-refractivity contribution in [2.24, 2.45) is 5.84 Å². The van der Waals surface area contributed by atoms with Crippen LogP contribution in [0.15, 0.2) is 47.6 Å². The van der Waals surface area contributed by atoms with Crippen molar-refractivity contribution in [1.29, 1.82) is 0 Å². The molecule has 4 rings (SSSR count). The molecular formula is C18H21BrN6O. The highest BCUT2D eigenvalue weighted by Gasteiger charge is 2.26. The van der Waals surface area contributed by atoms with E-state index in [0.717, 1.165) is 46.6 Å². The Labute approximate surface area is 160 Å². The Kier molecular flexibility index (Phi) is 4.80. The highest BCUT2D eigenvalue weighted by atomic mass is 79.9. The Balaban J connectivity index is 1.75. The van der Waals surface area contributed by atoms with Crippen molar-refractivity contribution in [3.05, 3.63) is 53.2 Å². The molecule has 0 unspecified atom stereocenters. The van der Waals surface area contributed by atoms with Gasteiger partial charge in [0.15, 0.2) is 5.65 Å². The summed E-state index contributed by atoms with van der Waals surface area (Å²) in [5.74, 6) is 6.41. The first kappa shape index (κ1) is 17.3. The van der Waals surface area contributed by atoms with Gasteiger partial charge in [-0.25, -0.2) is 10.8 Å². The van der Waals surface area contributed by atoms with Gasteiger partial charge in [0, 0.05) is 25.1 Å². The third kappa shape index (κ3) is 3.15. The first-order chi connectivity index (χ1) is 12.7. The van der Waals surface area contributed by atoms with Crippen LogP contribution >= 0.6 is 15.9 Å². The van der Waals surface area contributed by atoms with Gasteiger partial charge >= 0.3 is 0 Å². The lowest BCUT2D eigenvalue weighted by Crippen LogP contribution is -2.34. The molecular weight excluding hydrogens is 396 g/mol. The number of nitrogens with zero attached hydrogens (tertiary/aromatic N) is 5. The summed E-state index contributed by atoms with van der Waals surface area (Å²) < 4.78 is 2.85. The molecule has 3 N–H and O–H groups in total. The maximum Gasteiger partial charge on any atom is 0.162 e. The van der Waals surface area contributed by atoms with E-state index in [0.29, 0.717) is 6.54 Å². The number of anilines is 2. The standard InChI is InChI=1S/C18H21BrN6O/c19-17-9-22-18-16(25(20)10-13-3-1-5-21-8-13)7-15(11-24(17)18)23-6-2-4-14(23)12-26/h1,3,5,7-9,11,14,26H,2,4,6,10,12,20H2/t14-/m0/s1. The molecule has 3 aromatic rings. The van der Waals surface area contributed by atoms with E-state index in [-0.39, 0.29) is 12.6 Å². The molecule has 0 bridgehead atoms. The summed E-state index contributed by atoms with van der Waals surface area (Å²) in [5, 5.41) is 11.4. The summed E-state index contributed by atoms with van der Waals surface area (Å²) in [5.41, 5.74) is 3.68. The first-order valence-corrected chi connectivity index (χ1v) is 9.42. The zero-order valence-corrected chi connectivity index (χ0v) is 15.9. The summed E-state index contributed by atoms with van der Waals surface area (Å²) in [7, 11) is 0. The summed E-state index contributed by atoms with van der Waals surface area (Å²) >= 11 is 3.56. The van der Waals surface area contributed by atoms with Crippen molar-refractivity contribution in [1.82, 2.24) is 14.4 Å². The number of aromatic nitrogens is 3. The molecule has 0 aliphatic carbocycles. The van der Waals surface area contributed by atoms with E-state index in [2.05, 4.69) is 36.9 Å². The second kappa shape index (κ2) is 7.22. The fourth-order valence-corrected chi connectivity index (χ4v) is 3.91. The van der Waals surface area contributed by atoms with E-state index in [1.807, 2.05) is 28.9 Å². The lowest BCUT2D eigenvalue weighted by molar-refractivity contribution is 0.266. The van der Waals surface area contributed by atoms with Crippen LogP contribution in [-0.2, 0) is 6.54 Å². The number of rotatable bonds is 5. The third-order valence-corrected chi connectivity index (χ3v) is 5.42. The Morgan fingerprint density at radius 3 is 3.04 bits per heavy atom. The topological polar surface area (TPSA) is 82.9 Å². The maximum atomic E-state index is 9.69. The van der Waals surface area contributed by atoms with Crippen molar-refractivity contribution in [2.75, 3.05) is 23.1 Å². The minimum absolute atomic E-state index is 0.146. The highest BCUT2D eigenvalue weighted by Crippen LogP contribution is 2.32. The predicted molar refractivity (Wildman–Crippen MR) is 105 cm³/mol. The van der Waals surface area contributed by atoms with Crippen molar-refractivity contribution in [3.8, 4) is 0 Å². The average Bonchev–Trinajstić information content (AvgIpc) is 3.28. The molecule has 3 aromatic heterocycles. The number of aliphatic hydroxyl groups is 1. The van der Waals surface area contributed by atoms with E-state index in [9.17, 15) is 5.11 Å². The summed E-state index contributed by atoms with van der Waals surface area (Å²) in [6.07, 6.45) is 9.44. The Morgan fingerprint density at radius 2 is 2.27 bits per heavy atom. The number of hydrogen-bond donors (Lipinski definition) is 2. The van der Waals surface area contributed by atoms with Gasteiger partial charge in [0.1, 0.15) is 4.60 Å². The number of hydrogen-bond acceptors (Lipinski definition) is 6. The Bertz CT molecular complexity index is 899. The minimum Gasteiger partial charge on any atom is -0.394 e. The number of fused-ring (bicyclic) bond motifs is 1. The van der Waals surface area contributed by atoms with E-state index in [1.54, 1.807) is 17.4 Å². The Hall–Kier alpha value is -2.16. The van der Waals surface area contributed by atoms with Crippen LogP contribution in [0.4, 0.5) is 11.4 Å². The largest absolute Gasteiger partial charge is 0.394 e. The number of pyridine rings is 2. The summed E-state index contributed by atoms with van der Waals surface area (Å²) in [6.45, 7) is 1.61. The molecule has 26 heavy (non-hydrogen) atoms. The van der Waals surface area contributed by atoms with Gasteiger partial charge in [-0.1, -0.05) is 6.07 Å². The molecule has 0 radical (unpaired) electrons. The van der Waals surface area contributed by atoms with E-state index in [1.165, 1.54) is 0 Å². The number of nitrogens with two attached hydrogens (primary N) is 1. The molecule has 0 saturated carbocycles. The van der Waals surface area contributed by atoms with Crippen molar-refractivity contribution < 1.29 is 5.11 Å². The fraction of sp³-hybridized carbons (Fsp3) is 0.333. The van der Waals surface area contributed by atoms with Crippen LogP contribution in [0, 0.1) is 0 Å². The molecule has 1 aliphatic heterocycles. The summed E-state index contributed by atoms with van der Waals surface area (Å²) in [4.78, 5) is 10.9. The van der Waals surface area contributed by atoms with Gasteiger partial charge < -0.3 is 15.0 Å². The smallest absolute Gasteiger partial charge is 0.162 e. The molecule has 1 saturated heterocycles. The second-order valence-corrected chi connectivity index (χ2v) is 7.33. The number of hydrazine groups is 1. The van der Waals surface area contributed by atoms with Gasteiger partial charge in [0.2, 0.25) is 0 Å². The van der Waals surface area contributed by atoms with Gasteiger partial charge in [-0.05, 0) is 46.5 Å². The molecule has 0 spiro atoms. The SMILES string of the molecule is NN(Cc1cccnc1)c1cc(N2CCC[C@H]2CO)cn2c(Br)cnc12. The number of aliphatic hydroxyl groups excluding tert-OH is 1. The maximum absolute atomic E-state index is 9.69. The van der Waals surface area contributed by atoms with Crippen LogP contribution in [0.5, 0.6) is 0 Å². The molecule has 0 aromatic carbocycles. The van der Waals surface area contributed by atoms with Crippen LogP contribution in [0.3, 0.4) is 0 Å². The van der Waals surface area contributed by atoms with Crippen LogP contribution in [0.2, 0.25) is 0 Å². The van der Waals surface area contributed by atoms with Gasteiger partial charge in [-0.2, -0.15) is 0 Å². The van der Waals surface area contributed by atoms with Gasteiger partial charge in [0.05, 0.1) is 36.8 Å². The number of halogens is 1. The van der Waals surface area contributed by atoms with E-state index < -0.39 is 0 Å². The highest BCUT2D eigenvalue weighted by molar-refractivity contribution is 9.10. The van der Waals surface area contributed by atoms with Crippen molar-refractivity contribution in [2.45, 2.75) is 25.4 Å². The van der Waals surface area contributed by atoms with Crippen molar-refractivity contribution in [3.63, 3.8) is 0 Å². The quantitative estimate of drug-likeness (QED) is 0.490. The minimum atomic E-state index is 0.146. The van der Waals surface area contributed by atoms with Gasteiger partial charge in [0.25, 0.3) is 0 Å². The lowest BCUT2D eigenvalue weighted by Gasteiger charge is -2.27. The molecule has 0 amide bonds. The zero-order chi connectivity index (χ0) is 18.1. The van der Waals surface area contributed by atoms with Gasteiger partial charge in [-0.15, -0.1) is 0 Å². The molecule has 1 atom stereocenters. The van der Waals surface area contributed by atoms with Crippen LogP contribution in [-0.4, -0.2) is 38.7 Å². The van der Waals surface area contributed by atoms with Crippen LogP contribution < -0.4 is 15.8 Å². The monoisotopic (exact) mass is 416 g/mol.